The minimum Gasteiger partial charge on any atom is -0.504 e. The van der Waals surface area contributed by atoms with Crippen molar-refractivity contribution in [2.45, 2.75) is 246 Å². The molecule has 0 bridgehead atoms. The fourth-order valence-corrected chi connectivity index (χ4v) is 24.6. The first kappa shape index (κ1) is 69.6. The highest BCUT2D eigenvalue weighted by Gasteiger charge is 2.66. The molecular weight excluding hydrogens is 1190 g/mol. The third-order valence-electron chi connectivity index (χ3n) is 31.6. The van der Waals surface area contributed by atoms with Crippen molar-refractivity contribution in [1.29, 1.82) is 5.26 Å². The molecule has 11 nitrogen and oxygen atoms in total. The largest absolute Gasteiger partial charge is 0.504 e. The molecule has 18 atom stereocenters. The maximum atomic E-state index is 12.5. The molecule has 0 aromatic heterocycles. The van der Waals surface area contributed by atoms with E-state index in [1.165, 1.54) is 36.0 Å². The Kier molecular flexibility index (Phi) is 16.2. The fourth-order valence-electron chi connectivity index (χ4n) is 24.6. The Morgan fingerprint density at radius 2 is 0.719 bits per heavy atom. The Bertz CT molecular complexity index is 3800. The molecule has 15 rings (SSSR count). The number of hydrogen-bond acceptors (Lipinski definition) is 9. The van der Waals surface area contributed by atoms with Gasteiger partial charge in [0, 0.05) is 38.4 Å². The van der Waals surface area contributed by atoms with Gasteiger partial charge in [-0.2, -0.15) is 5.26 Å². The van der Waals surface area contributed by atoms with Crippen LogP contribution < -0.4 is 5.73 Å². The van der Waals surface area contributed by atoms with Crippen LogP contribution in [0.1, 0.15) is 246 Å². The fraction of sp³-hybridized carbons (Fsp3) is 0.647. The summed E-state index contributed by atoms with van der Waals surface area (Å²) in [5, 5.41) is 50.6. The van der Waals surface area contributed by atoms with Crippen molar-refractivity contribution in [3.63, 3.8) is 0 Å². The number of amides is 1. The van der Waals surface area contributed by atoms with Crippen LogP contribution in [0, 0.1) is 112 Å². The van der Waals surface area contributed by atoms with Crippen LogP contribution in [0.15, 0.2) is 139 Å². The second-order valence-corrected chi connectivity index (χ2v) is 36.7. The minimum absolute atomic E-state index is 0. The van der Waals surface area contributed by atoms with Gasteiger partial charge in [-0.15, -0.1) is 0 Å². The smallest absolute Gasteiger partial charge is 0.309 e. The summed E-state index contributed by atoms with van der Waals surface area (Å²) in [4.78, 5) is 62.1. The summed E-state index contributed by atoms with van der Waals surface area (Å²) in [5.41, 5.74) is 17.7. The highest BCUT2D eigenvalue weighted by atomic mass is 16.4. The van der Waals surface area contributed by atoms with Crippen LogP contribution >= 0.6 is 0 Å². The molecule has 0 radical (unpaired) electrons. The SMILES string of the molecule is C.CC1=C(O)C(=O)C=C2C1=CC=C1[C@@]2(C)CCC2[C@@H]3C[C@](C)(C#N)CC[C@]3(C)CC[C@]12C.CC1=C(O)C(=O)C=C2C1=CC=C1[C@@]2(C)CCC2[C@@H]3C[C@](C)(C(=O)O)CC[C@]3(C)CC[C@]12C.CC1=C(O)C(=O)C=C2C1=CC=C1[C@@]2(C)CCC2[C@@H]3C[C@](C)(C(N)=O)CC[C@]3(C)CC[C@]12C. The third-order valence-corrected chi connectivity index (χ3v) is 31.6. The van der Waals surface area contributed by atoms with E-state index in [2.05, 4.69) is 119 Å². The molecule has 0 spiro atoms. The second kappa shape index (κ2) is 22.4. The number of allylic oxidation sites excluding steroid dienone is 21. The summed E-state index contributed by atoms with van der Waals surface area (Å²) >= 11 is 0. The van der Waals surface area contributed by atoms with E-state index >= 15 is 0 Å². The lowest BCUT2D eigenvalue weighted by molar-refractivity contribution is -0.161. The number of nitrogens with two attached hydrogens (primary N) is 1. The number of carbonyl (C=O) groups excluding carboxylic acids is 4. The monoisotopic (exact) mass is 1300 g/mol. The lowest BCUT2D eigenvalue weighted by Crippen LogP contribution is -2.57. The molecule has 6 N–H and O–H groups in total. The first-order valence-corrected chi connectivity index (χ1v) is 36.4. The number of nitrogens with zero attached hydrogens (tertiary/aromatic N) is 1. The highest BCUT2D eigenvalue weighted by molar-refractivity contribution is 6.08. The number of carboxylic acid groups (broad SMARTS) is 1. The lowest BCUT2D eigenvalue weighted by atomic mass is 9.39. The topological polar surface area (TPSA) is 216 Å². The van der Waals surface area contributed by atoms with Gasteiger partial charge >= 0.3 is 5.97 Å². The zero-order valence-electron chi connectivity index (χ0n) is 59.9. The summed E-state index contributed by atoms with van der Waals surface area (Å²) in [7, 11) is 0. The van der Waals surface area contributed by atoms with Crippen molar-refractivity contribution in [1.82, 2.24) is 0 Å². The normalized spacial score (nSPS) is 45.4. The molecule has 0 aromatic carbocycles. The van der Waals surface area contributed by atoms with Crippen molar-refractivity contribution in [2.24, 2.45) is 106 Å². The molecule has 9 fully saturated rings. The van der Waals surface area contributed by atoms with Gasteiger partial charge in [0.2, 0.25) is 23.3 Å². The highest BCUT2D eigenvalue weighted by Crippen LogP contribution is 2.75. The summed E-state index contributed by atoms with van der Waals surface area (Å²) in [5.74, 6) is 1.03. The first-order valence-electron chi connectivity index (χ1n) is 36.4. The van der Waals surface area contributed by atoms with Gasteiger partial charge in [-0.25, -0.2) is 0 Å². The number of ketones is 3. The van der Waals surface area contributed by atoms with Crippen LogP contribution in [0.4, 0.5) is 0 Å². The molecule has 15 aliphatic rings. The van der Waals surface area contributed by atoms with Crippen molar-refractivity contribution >= 4 is 29.2 Å². The van der Waals surface area contributed by atoms with E-state index in [4.69, 9.17) is 5.73 Å². The van der Waals surface area contributed by atoms with Crippen LogP contribution in [0.2, 0.25) is 0 Å². The maximum absolute atomic E-state index is 12.5. The van der Waals surface area contributed by atoms with Crippen LogP contribution in [0.5, 0.6) is 0 Å². The molecule has 9 saturated carbocycles. The molecule has 0 aliphatic heterocycles. The zero-order valence-corrected chi connectivity index (χ0v) is 59.9. The Balaban J connectivity index is 0.000000137. The average molecular weight is 1310 g/mol. The van der Waals surface area contributed by atoms with Gasteiger partial charge in [0.25, 0.3) is 0 Å². The van der Waals surface area contributed by atoms with E-state index in [9.17, 15) is 49.7 Å². The van der Waals surface area contributed by atoms with Gasteiger partial charge < -0.3 is 26.2 Å². The quantitative estimate of drug-likeness (QED) is 0.176. The van der Waals surface area contributed by atoms with Gasteiger partial charge in [0.15, 0.2) is 17.3 Å². The molecular formula is C85H112N2O9. The van der Waals surface area contributed by atoms with Gasteiger partial charge in [0.1, 0.15) is 0 Å². The summed E-state index contributed by atoms with van der Waals surface area (Å²) in [6.45, 7) is 33.2. The predicted molar refractivity (Wildman–Crippen MR) is 378 cm³/mol. The van der Waals surface area contributed by atoms with E-state index in [1.54, 1.807) is 18.2 Å². The summed E-state index contributed by atoms with van der Waals surface area (Å²) in [6.07, 6.45) is 40.1. The molecule has 0 saturated heterocycles. The number of hydrogen-bond donors (Lipinski definition) is 5. The standard InChI is InChI=1S/C28H37NO3.C28H35NO2.C28H36O4.CH4/c1-16-17-6-7-22-27(4,19(17)14-21(30)23(16)31)9-8-18-20-15-26(3,24(29)32)11-10-25(20,2)12-13-28(18,22)5;1-17-18-6-7-23-27(4,20(18)14-22(30)24(17)31)9-8-19-21-15-25(2,16-29)10-11-26(21,3)12-13-28(19,23)5;1-16-17-6-7-22-27(4,19(17)14-21(29)23(16)30)9-8-18-20-15-26(3,24(31)32)11-10-25(20,2)12-13-28(18,22)5;/h6-7,14,18,20,31H,8-13,15H2,1-5H3,(H2,29,32);6-7,14,19,21,31H,8-13,15H2,1-5H3;6-7,14,18,20,30H,8-13,15H2,1-5H3,(H,31,32);1H4/t18?,20-,25+,26+,27-,28-;19?,21-,25+,26+,27-,28-;18?,20-,25+,26+,27-,28-;/m000./s1. The number of nitriles is 1. The van der Waals surface area contributed by atoms with Crippen molar-refractivity contribution in [2.75, 3.05) is 0 Å². The number of aliphatic hydroxyl groups is 3. The van der Waals surface area contributed by atoms with E-state index < -0.39 is 16.8 Å². The number of carboxylic acids is 1. The first-order chi connectivity index (χ1) is 44.2. The van der Waals surface area contributed by atoms with Crippen molar-refractivity contribution < 1.29 is 44.4 Å². The van der Waals surface area contributed by atoms with Crippen LogP contribution in [-0.4, -0.2) is 49.7 Å². The lowest BCUT2D eigenvalue weighted by Gasteiger charge is -2.64. The Hall–Kier alpha value is -6.28. The predicted octanol–water partition coefficient (Wildman–Crippen LogP) is 19.4. The number of aliphatic hydroxyl groups excluding tert-OH is 3. The van der Waals surface area contributed by atoms with E-state index in [1.807, 2.05) is 27.7 Å². The molecule has 0 aromatic rings. The number of aliphatic carboxylic acids is 1. The number of fused-ring (bicyclic) bond motifs is 21. The molecule has 3 unspecified atom stereocenters. The minimum atomic E-state index is -0.648. The maximum Gasteiger partial charge on any atom is 0.309 e. The summed E-state index contributed by atoms with van der Waals surface area (Å²) in [6, 6.07) is 2.65. The van der Waals surface area contributed by atoms with Gasteiger partial charge in [-0.3, -0.25) is 24.0 Å². The van der Waals surface area contributed by atoms with Crippen LogP contribution in [0.3, 0.4) is 0 Å². The second-order valence-electron chi connectivity index (χ2n) is 36.7. The molecule has 11 heteroatoms. The Labute approximate surface area is 573 Å². The van der Waals surface area contributed by atoms with Crippen LogP contribution in [0.25, 0.3) is 0 Å². The molecule has 0 heterocycles. The molecule has 96 heavy (non-hydrogen) atoms. The Morgan fingerprint density at radius 1 is 0.427 bits per heavy atom. The van der Waals surface area contributed by atoms with E-state index in [0.29, 0.717) is 57.6 Å². The molecule has 516 valence electrons. The van der Waals surface area contributed by atoms with Crippen molar-refractivity contribution in [3.8, 4) is 6.07 Å². The van der Waals surface area contributed by atoms with Gasteiger partial charge in [-0.1, -0.05) is 130 Å². The zero-order chi connectivity index (χ0) is 68.9. The van der Waals surface area contributed by atoms with Crippen molar-refractivity contribution in [3.05, 3.63) is 139 Å². The average Bonchev–Trinajstić information content (AvgIpc) is 0.706. The van der Waals surface area contributed by atoms with E-state index in [-0.39, 0.29) is 96.7 Å². The number of rotatable bonds is 2. The van der Waals surface area contributed by atoms with E-state index in [0.717, 1.165) is 149 Å². The number of carbonyl (C=O) groups is 5. The summed E-state index contributed by atoms with van der Waals surface area (Å²) < 4.78 is 0. The van der Waals surface area contributed by atoms with Crippen LogP contribution in [-0.2, 0) is 24.0 Å². The third kappa shape index (κ3) is 9.70. The Morgan fingerprint density at radius 3 is 1.03 bits per heavy atom. The molecule has 1 amide bonds. The molecule has 15 aliphatic carbocycles. The van der Waals surface area contributed by atoms with Gasteiger partial charge in [-0.05, 0) is 289 Å². The van der Waals surface area contributed by atoms with Gasteiger partial charge in [0.05, 0.1) is 16.9 Å². The number of primary amides is 1.